The van der Waals surface area contributed by atoms with Gasteiger partial charge in [0.15, 0.2) is 0 Å². The van der Waals surface area contributed by atoms with E-state index in [0.29, 0.717) is 11.3 Å². The molecule has 2 heteroatoms. The van der Waals surface area contributed by atoms with Crippen LogP contribution in [0.3, 0.4) is 0 Å². The second kappa shape index (κ2) is 6.00. The van der Waals surface area contributed by atoms with Crippen LogP contribution in [0.25, 0.3) is 10.8 Å². The number of piperidine rings is 1. The first-order valence-electron chi connectivity index (χ1n) is 8.55. The number of pyridine rings is 1. The van der Waals surface area contributed by atoms with Crippen LogP contribution in [0.1, 0.15) is 57.7 Å². The smallest absolute Gasteiger partial charge is 0.0507 e. The minimum absolute atomic E-state index is 0.467. The van der Waals surface area contributed by atoms with Crippen molar-refractivity contribution in [2.24, 2.45) is 5.41 Å². The van der Waals surface area contributed by atoms with Gasteiger partial charge in [-0.2, -0.15) is 0 Å². The summed E-state index contributed by atoms with van der Waals surface area (Å²) in [7, 11) is 0. The molecule has 0 unspecified atom stereocenters. The Hall–Kier alpha value is -1.41. The SMILES string of the molecule is CC(C)c1ncc(CN2CCC(C)(C)CC2)c2ccccc12. The van der Waals surface area contributed by atoms with Gasteiger partial charge in [0.2, 0.25) is 0 Å². The number of hydrogen-bond donors (Lipinski definition) is 0. The molecule has 0 atom stereocenters. The fourth-order valence-electron chi connectivity index (χ4n) is 3.42. The monoisotopic (exact) mass is 296 g/mol. The molecule has 0 bridgehead atoms. The van der Waals surface area contributed by atoms with Crippen molar-refractivity contribution in [1.82, 2.24) is 9.88 Å². The maximum Gasteiger partial charge on any atom is 0.0507 e. The van der Waals surface area contributed by atoms with Crippen molar-refractivity contribution in [3.63, 3.8) is 0 Å². The lowest BCUT2D eigenvalue weighted by Crippen LogP contribution is -2.36. The molecule has 2 aromatic rings. The number of nitrogens with zero attached hydrogens (tertiary/aromatic N) is 2. The van der Waals surface area contributed by atoms with E-state index in [2.05, 4.69) is 63.1 Å². The van der Waals surface area contributed by atoms with Gasteiger partial charge < -0.3 is 0 Å². The molecule has 1 aromatic carbocycles. The Morgan fingerprint density at radius 1 is 1.09 bits per heavy atom. The molecule has 118 valence electrons. The van der Waals surface area contributed by atoms with Crippen LogP contribution in [0.4, 0.5) is 0 Å². The topological polar surface area (TPSA) is 16.1 Å². The van der Waals surface area contributed by atoms with E-state index in [9.17, 15) is 0 Å². The lowest BCUT2D eigenvalue weighted by Gasteiger charge is -2.37. The van der Waals surface area contributed by atoms with E-state index in [1.807, 2.05) is 0 Å². The summed E-state index contributed by atoms with van der Waals surface area (Å²) in [4.78, 5) is 7.36. The van der Waals surface area contributed by atoms with Gasteiger partial charge in [-0.3, -0.25) is 9.88 Å². The van der Waals surface area contributed by atoms with E-state index in [1.54, 1.807) is 0 Å². The van der Waals surface area contributed by atoms with E-state index in [1.165, 1.54) is 48.0 Å². The molecule has 0 spiro atoms. The summed E-state index contributed by atoms with van der Waals surface area (Å²) in [6.07, 6.45) is 4.70. The van der Waals surface area contributed by atoms with Crippen molar-refractivity contribution >= 4 is 10.8 Å². The Bertz CT molecular complexity index is 648. The quantitative estimate of drug-likeness (QED) is 0.794. The van der Waals surface area contributed by atoms with E-state index in [4.69, 9.17) is 4.98 Å². The predicted octanol–water partition coefficient (Wildman–Crippen LogP) is 4.98. The van der Waals surface area contributed by atoms with Crippen LogP contribution in [0, 0.1) is 5.41 Å². The maximum absolute atomic E-state index is 4.77. The van der Waals surface area contributed by atoms with Crippen LogP contribution in [0.2, 0.25) is 0 Å². The molecule has 22 heavy (non-hydrogen) atoms. The summed E-state index contributed by atoms with van der Waals surface area (Å²) in [5.74, 6) is 0.467. The van der Waals surface area contributed by atoms with Crippen molar-refractivity contribution in [2.45, 2.75) is 53.0 Å². The molecule has 1 aromatic heterocycles. The van der Waals surface area contributed by atoms with Gasteiger partial charge in [-0.25, -0.2) is 0 Å². The summed E-state index contributed by atoms with van der Waals surface area (Å²) in [5.41, 5.74) is 3.11. The van der Waals surface area contributed by atoms with E-state index in [-0.39, 0.29) is 0 Å². The Kier molecular flexibility index (Phi) is 4.22. The Balaban J connectivity index is 1.87. The van der Waals surface area contributed by atoms with Gasteiger partial charge in [-0.15, -0.1) is 0 Å². The number of benzene rings is 1. The van der Waals surface area contributed by atoms with E-state index < -0.39 is 0 Å². The molecule has 3 rings (SSSR count). The van der Waals surface area contributed by atoms with Crippen molar-refractivity contribution < 1.29 is 0 Å². The van der Waals surface area contributed by atoms with Gasteiger partial charge in [0.05, 0.1) is 5.69 Å². The first-order chi connectivity index (χ1) is 10.5. The minimum atomic E-state index is 0.467. The molecule has 1 aliphatic heterocycles. The van der Waals surface area contributed by atoms with Crippen molar-refractivity contribution in [1.29, 1.82) is 0 Å². The molecular weight excluding hydrogens is 268 g/mol. The van der Waals surface area contributed by atoms with Gasteiger partial charge in [0.25, 0.3) is 0 Å². The third-order valence-electron chi connectivity index (χ3n) is 5.06. The molecule has 1 saturated heterocycles. The highest BCUT2D eigenvalue weighted by Crippen LogP contribution is 2.32. The highest BCUT2D eigenvalue weighted by molar-refractivity contribution is 5.87. The molecule has 0 aliphatic carbocycles. The van der Waals surface area contributed by atoms with Gasteiger partial charge in [-0.1, -0.05) is 52.0 Å². The van der Waals surface area contributed by atoms with Crippen molar-refractivity contribution in [3.8, 4) is 0 Å². The highest BCUT2D eigenvalue weighted by Gasteiger charge is 2.25. The lowest BCUT2D eigenvalue weighted by atomic mass is 9.82. The van der Waals surface area contributed by atoms with Crippen LogP contribution in [0.5, 0.6) is 0 Å². The number of fused-ring (bicyclic) bond motifs is 1. The number of likely N-dealkylation sites (tertiary alicyclic amines) is 1. The summed E-state index contributed by atoms with van der Waals surface area (Å²) in [5, 5.41) is 2.71. The minimum Gasteiger partial charge on any atom is -0.299 e. The second-order valence-corrected chi connectivity index (χ2v) is 7.81. The number of aromatic nitrogens is 1. The second-order valence-electron chi connectivity index (χ2n) is 7.81. The van der Waals surface area contributed by atoms with Crippen LogP contribution < -0.4 is 0 Å². The third-order valence-corrected chi connectivity index (χ3v) is 5.06. The van der Waals surface area contributed by atoms with Crippen molar-refractivity contribution in [3.05, 3.63) is 41.7 Å². The Morgan fingerprint density at radius 3 is 2.36 bits per heavy atom. The standard InChI is InChI=1S/C20H28N2/c1-15(2)19-18-8-6-5-7-17(18)16(13-21-19)14-22-11-9-20(3,4)10-12-22/h5-8,13,15H,9-12,14H2,1-4H3. The molecular formula is C20H28N2. The van der Waals surface area contributed by atoms with Crippen LogP contribution in [0.15, 0.2) is 30.5 Å². The van der Waals surface area contributed by atoms with Crippen LogP contribution >= 0.6 is 0 Å². The zero-order valence-electron chi connectivity index (χ0n) is 14.4. The highest BCUT2D eigenvalue weighted by atomic mass is 15.1. The maximum atomic E-state index is 4.77. The van der Waals surface area contributed by atoms with Crippen LogP contribution in [-0.2, 0) is 6.54 Å². The summed E-state index contributed by atoms with van der Waals surface area (Å²) in [6, 6.07) is 8.75. The molecule has 1 fully saturated rings. The Labute approximate surface area is 134 Å². The average molecular weight is 296 g/mol. The summed E-state index contributed by atoms with van der Waals surface area (Å²) < 4.78 is 0. The average Bonchev–Trinajstić information content (AvgIpc) is 2.49. The molecule has 0 saturated carbocycles. The van der Waals surface area contributed by atoms with E-state index in [0.717, 1.165) is 6.54 Å². The third kappa shape index (κ3) is 3.17. The van der Waals surface area contributed by atoms with Crippen LogP contribution in [-0.4, -0.2) is 23.0 Å². The molecule has 2 nitrogen and oxygen atoms in total. The molecule has 1 aliphatic rings. The van der Waals surface area contributed by atoms with Gasteiger partial charge in [-0.05, 0) is 48.2 Å². The fraction of sp³-hybridized carbons (Fsp3) is 0.550. The molecule has 0 radical (unpaired) electrons. The zero-order chi connectivity index (χ0) is 15.7. The van der Waals surface area contributed by atoms with Crippen molar-refractivity contribution in [2.75, 3.05) is 13.1 Å². The van der Waals surface area contributed by atoms with Gasteiger partial charge >= 0.3 is 0 Å². The number of hydrogen-bond acceptors (Lipinski definition) is 2. The van der Waals surface area contributed by atoms with Gasteiger partial charge in [0.1, 0.15) is 0 Å². The largest absolute Gasteiger partial charge is 0.299 e. The van der Waals surface area contributed by atoms with Gasteiger partial charge in [0, 0.05) is 18.1 Å². The first kappa shape index (κ1) is 15.5. The van der Waals surface area contributed by atoms with E-state index >= 15 is 0 Å². The zero-order valence-corrected chi connectivity index (χ0v) is 14.4. The number of rotatable bonds is 3. The predicted molar refractivity (Wildman–Crippen MR) is 94.1 cm³/mol. The lowest BCUT2D eigenvalue weighted by molar-refractivity contribution is 0.127. The summed E-state index contributed by atoms with van der Waals surface area (Å²) >= 11 is 0. The first-order valence-corrected chi connectivity index (χ1v) is 8.55. The summed E-state index contributed by atoms with van der Waals surface area (Å²) in [6.45, 7) is 12.7. The fourth-order valence-corrected chi connectivity index (χ4v) is 3.42. The molecule has 0 N–H and O–H groups in total. The normalized spacial score (nSPS) is 19.0. The Morgan fingerprint density at radius 2 is 1.73 bits per heavy atom. The molecule has 2 heterocycles. The molecule has 0 amide bonds.